The van der Waals surface area contributed by atoms with Crippen LogP contribution in [0.15, 0.2) is 18.3 Å². The first kappa shape index (κ1) is 7.55. The molecule has 64 valence electrons. The number of hydrogen-bond acceptors (Lipinski definition) is 3. The number of aromatic nitrogens is 1. The van der Waals surface area contributed by atoms with Crippen LogP contribution in [-0.2, 0) is 0 Å². The van der Waals surface area contributed by atoms with Crippen LogP contribution in [0.1, 0.15) is 18.0 Å². The fourth-order valence-electron chi connectivity index (χ4n) is 1.46. The zero-order chi connectivity index (χ0) is 8.39. The Balaban J connectivity index is 2.37. The van der Waals surface area contributed by atoms with Gasteiger partial charge in [-0.1, -0.05) is 0 Å². The van der Waals surface area contributed by atoms with E-state index in [1.54, 1.807) is 6.20 Å². The van der Waals surface area contributed by atoms with Gasteiger partial charge in [0.15, 0.2) is 0 Å². The summed E-state index contributed by atoms with van der Waals surface area (Å²) in [5.41, 5.74) is 0.895. The minimum atomic E-state index is 0.160. The SMILES string of the molecule is OCC1CCOc2cccnc21. The van der Waals surface area contributed by atoms with Gasteiger partial charge in [0.25, 0.3) is 0 Å². The van der Waals surface area contributed by atoms with Crippen molar-refractivity contribution >= 4 is 0 Å². The number of aliphatic hydroxyl groups excluding tert-OH is 1. The zero-order valence-corrected chi connectivity index (χ0v) is 6.73. The summed E-state index contributed by atoms with van der Waals surface area (Å²) >= 11 is 0. The molecule has 2 heterocycles. The van der Waals surface area contributed by atoms with Gasteiger partial charge in [-0.3, -0.25) is 4.98 Å². The van der Waals surface area contributed by atoms with E-state index in [0.29, 0.717) is 6.61 Å². The molecule has 0 radical (unpaired) electrons. The maximum Gasteiger partial charge on any atom is 0.141 e. The van der Waals surface area contributed by atoms with Crippen molar-refractivity contribution in [3.05, 3.63) is 24.0 Å². The first-order chi connectivity index (χ1) is 5.92. The summed E-state index contributed by atoms with van der Waals surface area (Å²) in [5, 5.41) is 9.04. The molecule has 1 aromatic rings. The second kappa shape index (κ2) is 3.11. The fourth-order valence-corrected chi connectivity index (χ4v) is 1.46. The van der Waals surface area contributed by atoms with Crippen molar-refractivity contribution in [2.45, 2.75) is 12.3 Å². The molecule has 12 heavy (non-hydrogen) atoms. The number of rotatable bonds is 1. The van der Waals surface area contributed by atoms with E-state index in [-0.39, 0.29) is 12.5 Å². The minimum absolute atomic E-state index is 0.160. The van der Waals surface area contributed by atoms with Crippen LogP contribution in [0.5, 0.6) is 5.75 Å². The molecule has 0 aromatic carbocycles. The van der Waals surface area contributed by atoms with Crippen molar-refractivity contribution in [2.75, 3.05) is 13.2 Å². The van der Waals surface area contributed by atoms with Gasteiger partial charge in [-0.25, -0.2) is 0 Å². The molecule has 0 saturated carbocycles. The lowest BCUT2D eigenvalue weighted by Gasteiger charge is -2.22. The highest BCUT2D eigenvalue weighted by Crippen LogP contribution is 2.30. The van der Waals surface area contributed by atoms with E-state index in [1.165, 1.54) is 0 Å². The molecule has 3 heteroatoms. The average Bonchev–Trinajstić information content (AvgIpc) is 2.17. The molecular weight excluding hydrogens is 154 g/mol. The summed E-state index contributed by atoms with van der Waals surface area (Å²) in [7, 11) is 0. The summed E-state index contributed by atoms with van der Waals surface area (Å²) < 4.78 is 5.38. The third kappa shape index (κ3) is 1.16. The Kier molecular flexibility index (Phi) is 1.96. The Morgan fingerprint density at radius 1 is 1.67 bits per heavy atom. The van der Waals surface area contributed by atoms with Crippen molar-refractivity contribution in [3.8, 4) is 5.75 Å². The predicted molar refractivity (Wildman–Crippen MR) is 44.2 cm³/mol. The summed E-state index contributed by atoms with van der Waals surface area (Å²) in [6, 6.07) is 3.74. The first-order valence-electron chi connectivity index (χ1n) is 4.10. The lowest BCUT2D eigenvalue weighted by molar-refractivity contribution is 0.201. The van der Waals surface area contributed by atoms with E-state index < -0.39 is 0 Å². The molecule has 2 rings (SSSR count). The molecule has 0 spiro atoms. The lowest BCUT2D eigenvalue weighted by Crippen LogP contribution is -2.17. The Morgan fingerprint density at radius 3 is 3.42 bits per heavy atom. The van der Waals surface area contributed by atoms with Crippen LogP contribution in [-0.4, -0.2) is 23.3 Å². The highest BCUT2D eigenvalue weighted by Gasteiger charge is 2.21. The standard InChI is InChI=1S/C9H11NO2/c11-6-7-3-5-12-8-2-1-4-10-9(7)8/h1-2,4,7,11H,3,5-6H2. The largest absolute Gasteiger partial charge is 0.492 e. The second-order valence-electron chi connectivity index (χ2n) is 2.90. The molecule has 1 N–H and O–H groups in total. The van der Waals surface area contributed by atoms with Crippen molar-refractivity contribution < 1.29 is 9.84 Å². The Hall–Kier alpha value is -1.09. The van der Waals surface area contributed by atoms with Crippen LogP contribution in [0, 0.1) is 0 Å². The fraction of sp³-hybridized carbons (Fsp3) is 0.444. The van der Waals surface area contributed by atoms with Crippen molar-refractivity contribution in [2.24, 2.45) is 0 Å². The minimum Gasteiger partial charge on any atom is -0.492 e. The van der Waals surface area contributed by atoms with E-state index in [4.69, 9.17) is 9.84 Å². The number of aliphatic hydroxyl groups is 1. The summed E-state index contributed by atoms with van der Waals surface area (Å²) in [6.07, 6.45) is 2.59. The first-order valence-corrected chi connectivity index (χ1v) is 4.10. The van der Waals surface area contributed by atoms with Gasteiger partial charge in [0.2, 0.25) is 0 Å². The maximum atomic E-state index is 9.04. The maximum absolute atomic E-state index is 9.04. The van der Waals surface area contributed by atoms with Gasteiger partial charge in [-0.05, 0) is 18.6 Å². The molecule has 0 aliphatic carbocycles. The molecule has 1 aromatic heterocycles. The Labute approximate surface area is 71.0 Å². The number of nitrogens with zero attached hydrogens (tertiary/aromatic N) is 1. The van der Waals surface area contributed by atoms with E-state index in [2.05, 4.69) is 4.98 Å². The van der Waals surface area contributed by atoms with E-state index in [9.17, 15) is 0 Å². The van der Waals surface area contributed by atoms with Crippen LogP contribution >= 0.6 is 0 Å². The van der Waals surface area contributed by atoms with Crippen LogP contribution < -0.4 is 4.74 Å². The van der Waals surface area contributed by atoms with Gasteiger partial charge in [0.1, 0.15) is 5.75 Å². The van der Waals surface area contributed by atoms with Gasteiger partial charge in [-0.15, -0.1) is 0 Å². The zero-order valence-electron chi connectivity index (χ0n) is 6.73. The molecule has 1 aliphatic rings. The van der Waals surface area contributed by atoms with Gasteiger partial charge < -0.3 is 9.84 Å². The van der Waals surface area contributed by atoms with Gasteiger partial charge in [0.05, 0.1) is 18.9 Å². The van der Waals surface area contributed by atoms with Crippen molar-refractivity contribution in [1.82, 2.24) is 4.98 Å². The molecule has 1 unspecified atom stereocenters. The van der Waals surface area contributed by atoms with Crippen LogP contribution in [0.2, 0.25) is 0 Å². The number of hydrogen-bond donors (Lipinski definition) is 1. The number of pyridine rings is 1. The topological polar surface area (TPSA) is 42.4 Å². The van der Waals surface area contributed by atoms with E-state index in [1.807, 2.05) is 12.1 Å². The van der Waals surface area contributed by atoms with E-state index in [0.717, 1.165) is 17.9 Å². The predicted octanol–water partition coefficient (Wildman–Crippen LogP) is 0.940. The number of ether oxygens (including phenoxy) is 1. The quantitative estimate of drug-likeness (QED) is 0.673. The van der Waals surface area contributed by atoms with Crippen LogP contribution in [0.3, 0.4) is 0 Å². The van der Waals surface area contributed by atoms with Crippen LogP contribution in [0.4, 0.5) is 0 Å². The lowest BCUT2D eigenvalue weighted by atomic mass is 9.99. The van der Waals surface area contributed by atoms with E-state index >= 15 is 0 Å². The summed E-state index contributed by atoms with van der Waals surface area (Å²) in [5.74, 6) is 0.984. The molecule has 1 aliphatic heterocycles. The number of fused-ring (bicyclic) bond motifs is 1. The monoisotopic (exact) mass is 165 g/mol. The highest BCUT2D eigenvalue weighted by atomic mass is 16.5. The van der Waals surface area contributed by atoms with Crippen molar-refractivity contribution in [1.29, 1.82) is 0 Å². The average molecular weight is 165 g/mol. The third-order valence-corrected chi connectivity index (χ3v) is 2.13. The third-order valence-electron chi connectivity index (χ3n) is 2.13. The molecule has 0 amide bonds. The molecular formula is C9H11NO2. The van der Waals surface area contributed by atoms with Crippen LogP contribution in [0.25, 0.3) is 0 Å². The molecule has 0 saturated heterocycles. The normalized spacial score (nSPS) is 21.2. The summed E-state index contributed by atoms with van der Waals surface area (Å²) in [6.45, 7) is 0.845. The van der Waals surface area contributed by atoms with Gasteiger partial charge >= 0.3 is 0 Å². The molecule has 1 atom stereocenters. The highest BCUT2D eigenvalue weighted by molar-refractivity contribution is 5.31. The molecule has 0 fully saturated rings. The van der Waals surface area contributed by atoms with Crippen molar-refractivity contribution in [3.63, 3.8) is 0 Å². The summed E-state index contributed by atoms with van der Waals surface area (Å²) in [4.78, 5) is 4.19. The smallest absolute Gasteiger partial charge is 0.141 e. The molecule has 0 bridgehead atoms. The van der Waals surface area contributed by atoms with Gasteiger partial charge in [0, 0.05) is 12.1 Å². The molecule has 3 nitrogen and oxygen atoms in total. The Bertz CT molecular complexity index is 275. The Morgan fingerprint density at radius 2 is 2.58 bits per heavy atom. The second-order valence-corrected chi connectivity index (χ2v) is 2.90. The van der Waals surface area contributed by atoms with Gasteiger partial charge in [-0.2, -0.15) is 0 Å².